The van der Waals surface area contributed by atoms with E-state index in [1.54, 1.807) is 19.2 Å². The molecule has 1 aromatic carbocycles. The monoisotopic (exact) mass is 254 g/mol. The van der Waals surface area contributed by atoms with Gasteiger partial charge in [0.05, 0.1) is 24.3 Å². The molecule has 2 N–H and O–H groups in total. The fourth-order valence-corrected chi connectivity index (χ4v) is 1.88. The Morgan fingerprint density at radius 1 is 1.64 bits per heavy atom. The molecule has 0 saturated heterocycles. The van der Waals surface area contributed by atoms with E-state index in [1.807, 2.05) is 6.07 Å². The zero-order valence-corrected chi connectivity index (χ0v) is 9.37. The van der Waals surface area contributed by atoms with Crippen LogP contribution in [-0.4, -0.2) is 18.8 Å². The van der Waals surface area contributed by atoms with Crippen LogP contribution in [0, 0.1) is 11.3 Å². The number of hydrogen-bond acceptors (Lipinski definition) is 3. The second-order valence-corrected chi connectivity index (χ2v) is 3.73. The number of nitrogens with zero attached hydrogens (tertiary/aromatic N) is 1. The topological polar surface area (TPSA) is 56.0 Å². The number of benzene rings is 1. The second-order valence-electron chi connectivity index (χ2n) is 2.87. The number of aliphatic hydroxyl groups excluding tert-OH is 1. The lowest BCUT2D eigenvalue weighted by molar-refractivity contribution is 0.250. The highest BCUT2D eigenvalue weighted by Crippen LogP contribution is 2.24. The van der Waals surface area contributed by atoms with Gasteiger partial charge in [-0.2, -0.15) is 5.26 Å². The first-order chi connectivity index (χ1) is 6.72. The van der Waals surface area contributed by atoms with Gasteiger partial charge in [0.25, 0.3) is 0 Å². The summed E-state index contributed by atoms with van der Waals surface area (Å²) in [6, 6.07) is 7.27. The van der Waals surface area contributed by atoms with Crippen LogP contribution < -0.4 is 5.32 Å². The molecule has 1 atom stereocenters. The minimum atomic E-state index is -0.0999. The van der Waals surface area contributed by atoms with Crippen LogP contribution >= 0.6 is 15.9 Å². The van der Waals surface area contributed by atoms with E-state index in [4.69, 9.17) is 10.4 Å². The molecular formula is C10H11BrN2O. The van der Waals surface area contributed by atoms with Crippen LogP contribution in [0.4, 0.5) is 0 Å². The number of aliphatic hydroxyl groups is 1. The molecule has 0 radical (unpaired) electrons. The van der Waals surface area contributed by atoms with Crippen molar-refractivity contribution in [2.24, 2.45) is 0 Å². The number of halogens is 1. The van der Waals surface area contributed by atoms with E-state index < -0.39 is 0 Å². The van der Waals surface area contributed by atoms with Gasteiger partial charge < -0.3 is 10.4 Å². The highest BCUT2D eigenvalue weighted by Gasteiger charge is 2.11. The average molecular weight is 255 g/mol. The van der Waals surface area contributed by atoms with Gasteiger partial charge in [0.2, 0.25) is 0 Å². The molecule has 1 unspecified atom stereocenters. The molecule has 0 aliphatic heterocycles. The number of nitriles is 1. The van der Waals surface area contributed by atoms with Crippen molar-refractivity contribution < 1.29 is 5.11 Å². The summed E-state index contributed by atoms with van der Waals surface area (Å²) in [5.41, 5.74) is 1.56. The Labute approximate surface area is 91.5 Å². The van der Waals surface area contributed by atoms with Gasteiger partial charge in [-0.15, -0.1) is 0 Å². The molecule has 0 aliphatic carbocycles. The molecule has 3 nitrogen and oxygen atoms in total. The minimum absolute atomic E-state index is 0.0288. The van der Waals surface area contributed by atoms with Crippen molar-refractivity contribution in [3.8, 4) is 6.07 Å². The van der Waals surface area contributed by atoms with Crippen LogP contribution in [0.25, 0.3) is 0 Å². The first kappa shape index (κ1) is 11.2. The second kappa shape index (κ2) is 5.11. The molecule has 0 aromatic heterocycles. The summed E-state index contributed by atoms with van der Waals surface area (Å²) in [6.45, 7) is 0.0288. The van der Waals surface area contributed by atoms with E-state index in [-0.39, 0.29) is 12.6 Å². The number of likely N-dealkylation sites (N-methyl/N-ethyl adjacent to an activating group) is 1. The summed E-state index contributed by atoms with van der Waals surface area (Å²) in [4.78, 5) is 0. The molecule has 74 valence electrons. The molecular weight excluding hydrogens is 244 g/mol. The van der Waals surface area contributed by atoms with Crippen molar-refractivity contribution >= 4 is 15.9 Å². The fraction of sp³-hybridized carbons (Fsp3) is 0.300. The summed E-state index contributed by atoms with van der Waals surface area (Å²) < 4.78 is 0.838. The fourth-order valence-electron chi connectivity index (χ4n) is 1.22. The summed E-state index contributed by atoms with van der Waals surface area (Å²) >= 11 is 3.37. The van der Waals surface area contributed by atoms with Crippen molar-refractivity contribution in [2.45, 2.75) is 6.04 Å². The van der Waals surface area contributed by atoms with Gasteiger partial charge in [0, 0.05) is 4.47 Å². The van der Waals surface area contributed by atoms with Gasteiger partial charge in [0.1, 0.15) is 0 Å². The Balaban J connectivity index is 3.05. The molecule has 0 bridgehead atoms. The van der Waals surface area contributed by atoms with Gasteiger partial charge in [0.15, 0.2) is 0 Å². The average Bonchev–Trinajstić information content (AvgIpc) is 2.22. The summed E-state index contributed by atoms with van der Waals surface area (Å²) in [6.07, 6.45) is 0. The third-order valence-electron chi connectivity index (χ3n) is 2.04. The minimum Gasteiger partial charge on any atom is -0.394 e. The van der Waals surface area contributed by atoms with Gasteiger partial charge in [-0.1, -0.05) is 22.0 Å². The van der Waals surface area contributed by atoms with E-state index >= 15 is 0 Å². The lowest BCUT2D eigenvalue weighted by atomic mass is 10.1. The van der Waals surface area contributed by atoms with Crippen LogP contribution in [0.1, 0.15) is 17.2 Å². The maximum atomic E-state index is 9.08. The lowest BCUT2D eigenvalue weighted by Gasteiger charge is -2.15. The van der Waals surface area contributed by atoms with Crippen molar-refractivity contribution in [3.05, 3.63) is 33.8 Å². The molecule has 0 aliphatic rings. The number of hydrogen-bond donors (Lipinski definition) is 2. The van der Waals surface area contributed by atoms with Gasteiger partial charge in [-0.3, -0.25) is 0 Å². The third-order valence-corrected chi connectivity index (χ3v) is 2.72. The zero-order valence-electron chi connectivity index (χ0n) is 7.79. The predicted octanol–water partition coefficient (Wildman–Crippen LogP) is 1.57. The van der Waals surface area contributed by atoms with Gasteiger partial charge in [-0.25, -0.2) is 0 Å². The van der Waals surface area contributed by atoms with Crippen molar-refractivity contribution in [2.75, 3.05) is 13.7 Å². The lowest BCUT2D eigenvalue weighted by Crippen LogP contribution is -2.20. The molecule has 1 aromatic rings. The molecule has 0 heterocycles. The van der Waals surface area contributed by atoms with E-state index in [2.05, 4.69) is 27.3 Å². The predicted molar refractivity (Wildman–Crippen MR) is 57.7 cm³/mol. The Morgan fingerprint density at radius 2 is 2.36 bits per heavy atom. The highest BCUT2D eigenvalue weighted by molar-refractivity contribution is 9.10. The van der Waals surface area contributed by atoms with Crippen LogP contribution in [0.3, 0.4) is 0 Å². The quantitative estimate of drug-likeness (QED) is 0.862. The first-order valence-electron chi connectivity index (χ1n) is 4.20. The summed E-state index contributed by atoms with van der Waals surface area (Å²) in [5.74, 6) is 0. The van der Waals surface area contributed by atoms with E-state index in [0.717, 1.165) is 10.0 Å². The summed E-state index contributed by atoms with van der Waals surface area (Å²) in [7, 11) is 1.78. The van der Waals surface area contributed by atoms with Crippen molar-refractivity contribution in [1.82, 2.24) is 5.32 Å². The van der Waals surface area contributed by atoms with Crippen LogP contribution in [-0.2, 0) is 0 Å². The van der Waals surface area contributed by atoms with Crippen LogP contribution in [0.5, 0.6) is 0 Å². The Morgan fingerprint density at radius 3 is 2.79 bits per heavy atom. The molecule has 0 saturated carbocycles. The van der Waals surface area contributed by atoms with E-state index in [9.17, 15) is 0 Å². The summed E-state index contributed by atoms with van der Waals surface area (Å²) in [5, 5.41) is 20.7. The smallest absolute Gasteiger partial charge is 0.0992 e. The Bertz CT molecular complexity index is 356. The number of nitrogens with one attached hydrogen (secondary N) is 1. The number of rotatable bonds is 3. The molecule has 1 rings (SSSR count). The van der Waals surface area contributed by atoms with E-state index in [0.29, 0.717) is 5.56 Å². The first-order valence-corrected chi connectivity index (χ1v) is 5.00. The van der Waals surface area contributed by atoms with E-state index in [1.165, 1.54) is 0 Å². The molecule has 0 spiro atoms. The Kier molecular flexibility index (Phi) is 4.08. The molecule has 14 heavy (non-hydrogen) atoms. The molecule has 0 fully saturated rings. The normalized spacial score (nSPS) is 12.1. The van der Waals surface area contributed by atoms with Gasteiger partial charge in [-0.05, 0) is 24.7 Å². The zero-order chi connectivity index (χ0) is 10.6. The van der Waals surface area contributed by atoms with Crippen molar-refractivity contribution in [3.63, 3.8) is 0 Å². The molecule has 4 heteroatoms. The third kappa shape index (κ3) is 2.32. The van der Waals surface area contributed by atoms with Crippen LogP contribution in [0.2, 0.25) is 0 Å². The SMILES string of the molecule is CNC(CO)c1ccc(C#N)cc1Br. The molecule has 0 amide bonds. The maximum Gasteiger partial charge on any atom is 0.0992 e. The van der Waals surface area contributed by atoms with Crippen LogP contribution in [0.15, 0.2) is 22.7 Å². The maximum absolute atomic E-state index is 9.08. The highest BCUT2D eigenvalue weighted by atomic mass is 79.9. The Hall–Kier alpha value is -0.890. The van der Waals surface area contributed by atoms with Gasteiger partial charge >= 0.3 is 0 Å². The largest absolute Gasteiger partial charge is 0.394 e. The van der Waals surface area contributed by atoms with Crippen molar-refractivity contribution in [1.29, 1.82) is 5.26 Å². The standard InChI is InChI=1S/C10H11BrN2O/c1-13-10(6-14)8-3-2-7(5-12)4-9(8)11/h2-4,10,13-14H,6H2,1H3.